The Morgan fingerprint density at radius 3 is 1.89 bits per heavy atom. The Morgan fingerprint density at radius 1 is 1.06 bits per heavy atom. The zero-order chi connectivity index (χ0) is 14.0. The number of rotatable bonds is 4. The van der Waals surface area contributed by atoms with Crippen LogP contribution < -0.4 is 4.74 Å². The van der Waals surface area contributed by atoms with Crippen molar-refractivity contribution in [1.29, 1.82) is 0 Å². The summed E-state index contributed by atoms with van der Waals surface area (Å²) < 4.78 is 17.8. The third-order valence-electron chi connectivity index (χ3n) is 1.93. The Kier molecular flexibility index (Phi) is 3.35. The van der Waals surface area contributed by atoms with Crippen LogP contribution in [0.15, 0.2) is 6.07 Å². The average molecular weight is 261 g/mol. The van der Waals surface area contributed by atoms with Gasteiger partial charge in [-0.05, 0) is 0 Å². The summed E-state index contributed by atoms with van der Waals surface area (Å²) in [6.07, 6.45) is 0. The van der Waals surface area contributed by atoms with Gasteiger partial charge in [0.15, 0.2) is 0 Å². The normalized spacial score (nSPS) is 9.89. The fourth-order valence-corrected chi connectivity index (χ4v) is 1.23. The molecule has 0 aromatic heterocycles. The zero-order valence-electron chi connectivity index (χ0n) is 8.65. The van der Waals surface area contributed by atoms with Crippen molar-refractivity contribution in [3.8, 4) is 5.75 Å². The second-order valence-corrected chi connectivity index (χ2v) is 2.88. The highest BCUT2D eigenvalue weighted by Gasteiger charge is 2.38. The first-order valence-corrected chi connectivity index (χ1v) is 4.14. The number of nitro benzene ring substituents is 3. The number of methoxy groups -OCH3 is 1. The monoisotopic (exact) mass is 261 g/mol. The molecule has 0 aliphatic rings. The molecule has 18 heavy (non-hydrogen) atoms. The molecule has 0 fully saturated rings. The van der Waals surface area contributed by atoms with Gasteiger partial charge in [0, 0.05) is 0 Å². The highest BCUT2D eigenvalue weighted by molar-refractivity contribution is 5.66. The van der Waals surface area contributed by atoms with Gasteiger partial charge in [0.05, 0.1) is 21.9 Å². The van der Waals surface area contributed by atoms with Gasteiger partial charge in [0.1, 0.15) is 6.07 Å². The van der Waals surface area contributed by atoms with E-state index in [4.69, 9.17) is 0 Å². The van der Waals surface area contributed by atoms with Crippen molar-refractivity contribution in [2.45, 2.75) is 0 Å². The molecule has 10 nitrogen and oxygen atoms in total. The van der Waals surface area contributed by atoms with E-state index < -0.39 is 43.4 Å². The molecule has 0 atom stereocenters. The minimum absolute atomic E-state index is 0.265. The van der Waals surface area contributed by atoms with Gasteiger partial charge >= 0.3 is 17.1 Å². The van der Waals surface area contributed by atoms with Gasteiger partial charge in [0.2, 0.25) is 0 Å². The maximum atomic E-state index is 13.5. The largest absolute Gasteiger partial charge is 0.485 e. The summed E-state index contributed by atoms with van der Waals surface area (Å²) in [6, 6.07) is 0.265. The van der Waals surface area contributed by atoms with E-state index in [2.05, 4.69) is 4.74 Å². The topological polar surface area (TPSA) is 139 Å². The first-order chi connectivity index (χ1) is 8.31. The number of hydrogen-bond acceptors (Lipinski definition) is 7. The highest BCUT2D eigenvalue weighted by atomic mass is 19.1. The molecular formula is C7H4FN3O7. The van der Waals surface area contributed by atoms with E-state index >= 15 is 0 Å². The van der Waals surface area contributed by atoms with Gasteiger partial charge in [-0.3, -0.25) is 30.3 Å². The minimum Gasteiger partial charge on any atom is -0.485 e. The molecule has 0 spiro atoms. The van der Waals surface area contributed by atoms with Crippen molar-refractivity contribution in [2.24, 2.45) is 0 Å². The van der Waals surface area contributed by atoms with Crippen molar-refractivity contribution in [3.63, 3.8) is 0 Å². The van der Waals surface area contributed by atoms with Crippen molar-refractivity contribution in [3.05, 3.63) is 42.2 Å². The molecule has 0 saturated heterocycles. The lowest BCUT2D eigenvalue weighted by Gasteiger charge is -2.03. The predicted molar refractivity (Wildman–Crippen MR) is 52.9 cm³/mol. The first-order valence-electron chi connectivity index (χ1n) is 4.14. The van der Waals surface area contributed by atoms with E-state index in [0.29, 0.717) is 0 Å². The van der Waals surface area contributed by atoms with Crippen LogP contribution in [0.4, 0.5) is 21.5 Å². The van der Waals surface area contributed by atoms with Gasteiger partial charge in [-0.1, -0.05) is 0 Å². The molecule has 96 valence electrons. The Bertz CT molecular complexity index is 558. The number of hydrogen-bond donors (Lipinski definition) is 0. The summed E-state index contributed by atoms with van der Waals surface area (Å²) >= 11 is 0. The van der Waals surface area contributed by atoms with Gasteiger partial charge < -0.3 is 4.74 Å². The van der Waals surface area contributed by atoms with Crippen molar-refractivity contribution in [2.75, 3.05) is 7.11 Å². The van der Waals surface area contributed by atoms with Crippen LogP contribution in [0.2, 0.25) is 0 Å². The fourth-order valence-electron chi connectivity index (χ4n) is 1.23. The fraction of sp³-hybridized carbons (Fsp3) is 0.143. The van der Waals surface area contributed by atoms with E-state index in [1.807, 2.05) is 0 Å². The third kappa shape index (κ3) is 2.00. The minimum atomic E-state index is -1.80. The molecule has 0 radical (unpaired) electrons. The maximum Gasteiger partial charge on any atom is 0.360 e. The van der Waals surface area contributed by atoms with E-state index in [9.17, 15) is 34.7 Å². The van der Waals surface area contributed by atoms with Crippen LogP contribution in [0.3, 0.4) is 0 Å². The summed E-state index contributed by atoms with van der Waals surface area (Å²) in [6.45, 7) is 0. The predicted octanol–water partition coefficient (Wildman–Crippen LogP) is 1.56. The summed E-state index contributed by atoms with van der Waals surface area (Å²) in [7, 11) is 0.848. The summed E-state index contributed by atoms with van der Waals surface area (Å²) in [5.41, 5.74) is -3.87. The standard InChI is InChI=1S/C7H4FN3O7/c1-18-7-4(10(14)15)2-3(9(12)13)5(8)6(7)11(16)17/h2H,1H3. The second kappa shape index (κ2) is 4.57. The first kappa shape index (κ1) is 13.2. The Hall–Kier alpha value is -2.85. The number of halogens is 1. The quantitative estimate of drug-likeness (QED) is 0.591. The molecule has 0 saturated carbocycles. The molecule has 0 unspecified atom stereocenters. The average Bonchev–Trinajstić information content (AvgIpc) is 2.26. The van der Waals surface area contributed by atoms with E-state index in [-0.39, 0.29) is 6.07 Å². The molecule has 0 bridgehead atoms. The smallest absolute Gasteiger partial charge is 0.360 e. The Labute approximate surface area is 97.0 Å². The van der Waals surface area contributed by atoms with Crippen LogP contribution in [0, 0.1) is 36.2 Å². The van der Waals surface area contributed by atoms with Gasteiger partial charge in [-0.25, -0.2) is 0 Å². The van der Waals surface area contributed by atoms with E-state index in [1.165, 1.54) is 0 Å². The lowest BCUT2D eigenvalue weighted by molar-refractivity contribution is -0.408. The van der Waals surface area contributed by atoms with Crippen LogP contribution in [-0.2, 0) is 0 Å². The molecule has 1 rings (SSSR count). The number of nitrogens with zero attached hydrogens (tertiary/aromatic N) is 3. The van der Waals surface area contributed by atoms with Crippen molar-refractivity contribution < 1.29 is 23.9 Å². The highest BCUT2D eigenvalue weighted by Crippen LogP contribution is 2.42. The number of nitro groups is 3. The SMILES string of the molecule is COc1c([N+](=O)[O-])cc([N+](=O)[O-])c(F)c1[N+](=O)[O-]. The van der Waals surface area contributed by atoms with Crippen LogP contribution in [-0.4, -0.2) is 21.9 Å². The summed E-state index contributed by atoms with van der Waals surface area (Å²) in [5.74, 6) is -2.78. The van der Waals surface area contributed by atoms with Crippen LogP contribution >= 0.6 is 0 Å². The van der Waals surface area contributed by atoms with Crippen molar-refractivity contribution >= 4 is 17.1 Å². The molecule has 1 aromatic carbocycles. The summed E-state index contributed by atoms with van der Waals surface area (Å²) in [4.78, 5) is 27.9. The second-order valence-electron chi connectivity index (χ2n) is 2.88. The van der Waals surface area contributed by atoms with Crippen LogP contribution in [0.25, 0.3) is 0 Å². The van der Waals surface area contributed by atoms with Crippen LogP contribution in [0.5, 0.6) is 5.75 Å². The zero-order valence-corrected chi connectivity index (χ0v) is 8.65. The van der Waals surface area contributed by atoms with E-state index in [0.717, 1.165) is 7.11 Å². The van der Waals surface area contributed by atoms with Crippen molar-refractivity contribution in [1.82, 2.24) is 0 Å². The Morgan fingerprint density at radius 2 is 1.56 bits per heavy atom. The summed E-state index contributed by atoms with van der Waals surface area (Å²) in [5, 5.41) is 31.6. The molecule has 0 N–H and O–H groups in total. The number of benzene rings is 1. The molecule has 0 amide bonds. The maximum absolute atomic E-state index is 13.5. The lowest BCUT2D eigenvalue weighted by atomic mass is 10.2. The van der Waals surface area contributed by atoms with E-state index in [1.54, 1.807) is 0 Å². The molecule has 11 heteroatoms. The molecule has 0 aliphatic heterocycles. The van der Waals surface area contributed by atoms with Gasteiger partial charge in [-0.15, -0.1) is 0 Å². The molecule has 1 aromatic rings. The lowest BCUT2D eigenvalue weighted by Crippen LogP contribution is -2.04. The molecular weight excluding hydrogens is 257 g/mol. The van der Waals surface area contributed by atoms with Gasteiger partial charge in [0.25, 0.3) is 11.6 Å². The number of ether oxygens (including phenoxy) is 1. The third-order valence-corrected chi connectivity index (χ3v) is 1.93. The molecule has 0 heterocycles. The van der Waals surface area contributed by atoms with Crippen LogP contribution in [0.1, 0.15) is 0 Å². The van der Waals surface area contributed by atoms with Gasteiger partial charge in [-0.2, -0.15) is 4.39 Å². The molecule has 0 aliphatic carbocycles. The Balaban J connectivity index is 3.81.